The number of hydrogen-bond acceptors (Lipinski definition) is 5. The summed E-state index contributed by atoms with van der Waals surface area (Å²) in [4.78, 5) is 23.5. The summed E-state index contributed by atoms with van der Waals surface area (Å²) in [5.41, 5.74) is 2.86. The molecule has 0 aromatic heterocycles. The highest BCUT2D eigenvalue weighted by Crippen LogP contribution is 2.22. The van der Waals surface area contributed by atoms with E-state index >= 15 is 0 Å². The van der Waals surface area contributed by atoms with Gasteiger partial charge in [-0.3, -0.25) is 9.59 Å². The van der Waals surface area contributed by atoms with Crippen LogP contribution in [0.15, 0.2) is 34.3 Å². The minimum absolute atomic E-state index is 0.163. The van der Waals surface area contributed by atoms with Crippen LogP contribution in [0.25, 0.3) is 0 Å². The van der Waals surface area contributed by atoms with Crippen molar-refractivity contribution in [3.8, 4) is 0 Å². The average Bonchev–Trinajstić information content (AvgIpc) is 2.92. The second-order valence-corrected chi connectivity index (χ2v) is 8.33. The van der Waals surface area contributed by atoms with Gasteiger partial charge in [0.15, 0.2) is 0 Å². The molecule has 26 heavy (non-hydrogen) atoms. The van der Waals surface area contributed by atoms with E-state index in [9.17, 15) is 18.0 Å². The third kappa shape index (κ3) is 4.28. The average molecular weight is 378 g/mol. The Labute approximate surface area is 152 Å². The Hall–Kier alpha value is -2.26. The molecular formula is C17H22N4O4S. The maximum Gasteiger partial charge on any atom is 0.271 e. The summed E-state index contributed by atoms with van der Waals surface area (Å²) in [6, 6.07) is 6.22. The van der Waals surface area contributed by atoms with Gasteiger partial charge in [-0.25, -0.2) is 13.8 Å². The molecule has 9 heteroatoms. The molecule has 0 unspecified atom stereocenters. The van der Waals surface area contributed by atoms with Gasteiger partial charge in [-0.2, -0.15) is 9.41 Å². The van der Waals surface area contributed by atoms with E-state index in [2.05, 4.69) is 15.8 Å². The van der Waals surface area contributed by atoms with Crippen LogP contribution < -0.4 is 10.7 Å². The number of carbonyl (C=O) groups is 2. The largest absolute Gasteiger partial charge is 0.321 e. The molecule has 2 aliphatic rings. The molecule has 140 valence electrons. The molecule has 0 atom stereocenters. The number of carbonyl (C=O) groups excluding carboxylic acids is 2. The molecule has 2 N–H and O–H groups in total. The smallest absolute Gasteiger partial charge is 0.271 e. The Balaban J connectivity index is 1.75. The van der Waals surface area contributed by atoms with Crippen LogP contribution >= 0.6 is 0 Å². The van der Waals surface area contributed by atoms with Crippen molar-refractivity contribution in [2.75, 3.05) is 18.4 Å². The van der Waals surface area contributed by atoms with E-state index < -0.39 is 15.9 Å². The third-order valence-electron chi connectivity index (χ3n) is 4.46. The molecule has 3 rings (SSSR count). The SMILES string of the molecule is O=C1CCC(C(=O)Nc2cccc(S(=O)(=O)N3CCCCCC3)c2)=NN1. The number of amides is 2. The van der Waals surface area contributed by atoms with Gasteiger partial charge in [0.1, 0.15) is 5.71 Å². The molecule has 2 aliphatic heterocycles. The highest BCUT2D eigenvalue weighted by Gasteiger charge is 2.25. The number of hydrogen-bond donors (Lipinski definition) is 2. The van der Waals surface area contributed by atoms with Crippen molar-refractivity contribution in [3.05, 3.63) is 24.3 Å². The zero-order valence-corrected chi connectivity index (χ0v) is 15.2. The second-order valence-electron chi connectivity index (χ2n) is 6.39. The maximum absolute atomic E-state index is 12.9. The van der Waals surface area contributed by atoms with E-state index in [1.807, 2.05) is 0 Å². The minimum Gasteiger partial charge on any atom is -0.321 e. The van der Waals surface area contributed by atoms with Gasteiger partial charge in [0, 0.05) is 31.6 Å². The summed E-state index contributed by atoms with van der Waals surface area (Å²) in [5, 5.41) is 6.39. The van der Waals surface area contributed by atoms with E-state index in [-0.39, 0.29) is 29.4 Å². The normalized spacial score (nSPS) is 19.2. The lowest BCUT2D eigenvalue weighted by Gasteiger charge is -2.20. The molecule has 1 aromatic carbocycles. The highest BCUT2D eigenvalue weighted by atomic mass is 32.2. The zero-order chi connectivity index (χ0) is 18.6. The Morgan fingerprint density at radius 3 is 2.50 bits per heavy atom. The molecular weight excluding hydrogens is 356 g/mol. The van der Waals surface area contributed by atoms with Crippen LogP contribution in [0.3, 0.4) is 0 Å². The van der Waals surface area contributed by atoms with Crippen LogP contribution in [0.1, 0.15) is 38.5 Å². The molecule has 1 fully saturated rings. The molecule has 8 nitrogen and oxygen atoms in total. The minimum atomic E-state index is -3.58. The van der Waals surface area contributed by atoms with Crippen LogP contribution in [-0.4, -0.2) is 43.3 Å². The molecule has 0 saturated carbocycles. The van der Waals surface area contributed by atoms with Gasteiger partial charge >= 0.3 is 0 Å². The molecule has 0 spiro atoms. The van der Waals surface area contributed by atoms with Crippen LogP contribution in [0, 0.1) is 0 Å². The number of anilines is 1. The van der Waals surface area contributed by atoms with Crippen molar-refractivity contribution in [2.24, 2.45) is 5.10 Å². The van der Waals surface area contributed by atoms with Crippen molar-refractivity contribution in [1.82, 2.24) is 9.73 Å². The number of benzene rings is 1. The molecule has 2 heterocycles. The van der Waals surface area contributed by atoms with E-state index in [4.69, 9.17) is 0 Å². The number of sulfonamides is 1. The summed E-state index contributed by atoms with van der Waals surface area (Å²) in [6.45, 7) is 1.05. The highest BCUT2D eigenvalue weighted by molar-refractivity contribution is 7.89. The fourth-order valence-electron chi connectivity index (χ4n) is 3.01. The predicted octanol–water partition coefficient (Wildman–Crippen LogP) is 1.46. The number of nitrogens with zero attached hydrogens (tertiary/aromatic N) is 2. The summed E-state index contributed by atoms with van der Waals surface area (Å²) >= 11 is 0. The summed E-state index contributed by atoms with van der Waals surface area (Å²) in [7, 11) is -3.58. The van der Waals surface area contributed by atoms with Gasteiger partial charge in [0.05, 0.1) is 4.90 Å². The van der Waals surface area contributed by atoms with E-state index in [1.165, 1.54) is 16.4 Å². The first-order valence-corrected chi connectivity index (χ1v) is 10.2. The predicted molar refractivity (Wildman–Crippen MR) is 97.1 cm³/mol. The van der Waals surface area contributed by atoms with Crippen molar-refractivity contribution in [3.63, 3.8) is 0 Å². The van der Waals surface area contributed by atoms with Gasteiger partial charge in [0.25, 0.3) is 5.91 Å². The van der Waals surface area contributed by atoms with Crippen LogP contribution in [0.2, 0.25) is 0 Å². The number of nitrogens with one attached hydrogen (secondary N) is 2. The van der Waals surface area contributed by atoms with E-state index in [0.29, 0.717) is 18.8 Å². The van der Waals surface area contributed by atoms with Gasteiger partial charge in [-0.05, 0) is 31.0 Å². The summed E-state index contributed by atoms with van der Waals surface area (Å²) in [6.07, 6.45) is 4.27. The monoisotopic (exact) mass is 378 g/mol. The Kier molecular flexibility index (Phi) is 5.67. The van der Waals surface area contributed by atoms with E-state index in [0.717, 1.165) is 25.7 Å². The molecule has 1 aromatic rings. The first-order chi connectivity index (χ1) is 12.5. The van der Waals surface area contributed by atoms with Crippen molar-refractivity contribution in [1.29, 1.82) is 0 Å². The summed E-state index contributed by atoms with van der Waals surface area (Å²) < 4.78 is 27.2. The molecule has 0 aliphatic carbocycles. The van der Waals surface area contributed by atoms with Crippen molar-refractivity contribution < 1.29 is 18.0 Å². The Morgan fingerprint density at radius 1 is 1.12 bits per heavy atom. The summed E-state index contributed by atoms with van der Waals surface area (Å²) in [5.74, 6) is -0.679. The zero-order valence-electron chi connectivity index (χ0n) is 14.4. The molecule has 0 radical (unpaired) electrons. The Morgan fingerprint density at radius 2 is 1.85 bits per heavy atom. The van der Waals surface area contributed by atoms with Crippen LogP contribution in [0.4, 0.5) is 5.69 Å². The van der Waals surface area contributed by atoms with Crippen molar-refractivity contribution >= 4 is 33.2 Å². The van der Waals surface area contributed by atoms with Crippen LogP contribution in [0.5, 0.6) is 0 Å². The third-order valence-corrected chi connectivity index (χ3v) is 6.36. The Bertz CT molecular complexity index is 827. The van der Waals surface area contributed by atoms with Gasteiger partial charge < -0.3 is 5.32 Å². The number of hydrazone groups is 1. The van der Waals surface area contributed by atoms with E-state index in [1.54, 1.807) is 12.1 Å². The van der Waals surface area contributed by atoms with Gasteiger partial charge in [-0.1, -0.05) is 18.9 Å². The van der Waals surface area contributed by atoms with Gasteiger partial charge in [0.2, 0.25) is 15.9 Å². The topological polar surface area (TPSA) is 108 Å². The first kappa shape index (κ1) is 18.5. The fourth-order valence-corrected chi connectivity index (χ4v) is 4.57. The standard InChI is InChI=1S/C17H22N4O4S/c22-16-9-8-15(19-20-16)17(23)18-13-6-5-7-14(12-13)26(24,25)21-10-3-1-2-4-11-21/h5-7,12H,1-4,8-11H2,(H,18,23)(H,20,22). The number of rotatable bonds is 4. The molecule has 0 bridgehead atoms. The first-order valence-electron chi connectivity index (χ1n) is 8.74. The van der Waals surface area contributed by atoms with Gasteiger partial charge in [-0.15, -0.1) is 0 Å². The maximum atomic E-state index is 12.9. The quantitative estimate of drug-likeness (QED) is 0.827. The lowest BCUT2D eigenvalue weighted by atomic mass is 10.1. The molecule has 2 amide bonds. The lowest BCUT2D eigenvalue weighted by Crippen LogP contribution is -2.33. The van der Waals surface area contributed by atoms with Crippen LogP contribution in [-0.2, 0) is 19.6 Å². The lowest BCUT2D eigenvalue weighted by molar-refractivity contribution is -0.121. The second kappa shape index (κ2) is 7.96. The fraction of sp³-hybridized carbons (Fsp3) is 0.471. The molecule has 1 saturated heterocycles. The van der Waals surface area contributed by atoms with Crippen molar-refractivity contribution in [2.45, 2.75) is 43.4 Å².